The number of amides is 1. The predicted octanol–water partition coefficient (Wildman–Crippen LogP) is 1.01. The first-order valence-corrected chi connectivity index (χ1v) is 6.00. The van der Waals surface area contributed by atoms with Crippen LogP contribution in [0.15, 0.2) is 0 Å². The first-order chi connectivity index (χ1) is 8.11. The van der Waals surface area contributed by atoms with Gasteiger partial charge in [0.05, 0.1) is 0 Å². The Morgan fingerprint density at radius 1 is 1.33 bits per heavy atom. The molecule has 0 aromatic rings. The lowest BCUT2D eigenvalue weighted by molar-refractivity contribution is -0.142. The quantitative estimate of drug-likeness (QED) is 0.800. The van der Waals surface area contributed by atoms with Crippen molar-refractivity contribution in [3.8, 4) is 0 Å². The summed E-state index contributed by atoms with van der Waals surface area (Å²) in [5.41, 5.74) is -0.615. The number of carboxylic acids is 1. The van der Waals surface area contributed by atoms with Crippen LogP contribution in [0.3, 0.4) is 0 Å². The Kier molecular flexibility index (Phi) is 4.21. The van der Waals surface area contributed by atoms with Gasteiger partial charge in [-0.05, 0) is 41.3 Å². The number of likely N-dealkylation sites (N-methyl/N-ethyl adjacent to an activating group) is 1. The minimum atomic E-state index is -0.981. The summed E-state index contributed by atoms with van der Waals surface area (Å²) in [5, 5.41) is 9.16. The van der Waals surface area contributed by atoms with E-state index in [1.165, 1.54) is 4.90 Å². The smallest absolute Gasteiger partial charge is 0.411 e. The number of carbonyl (C=O) groups excluding carboxylic acids is 1. The molecule has 2 atom stereocenters. The number of likely N-dealkylation sites (tertiary alicyclic amines) is 1. The third kappa shape index (κ3) is 3.60. The van der Waals surface area contributed by atoms with E-state index in [9.17, 15) is 9.59 Å². The van der Waals surface area contributed by atoms with Gasteiger partial charge in [0.15, 0.2) is 0 Å². The maximum Gasteiger partial charge on any atom is 0.411 e. The van der Waals surface area contributed by atoms with Gasteiger partial charge in [0.1, 0.15) is 11.6 Å². The van der Waals surface area contributed by atoms with Crippen LogP contribution in [-0.2, 0) is 9.53 Å². The lowest BCUT2D eigenvalue weighted by Crippen LogP contribution is -2.43. The van der Waals surface area contributed by atoms with Crippen LogP contribution in [0.1, 0.15) is 27.2 Å². The van der Waals surface area contributed by atoms with E-state index in [2.05, 4.69) is 0 Å². The minimum Gasteiger partial charge on any atom is -0.480 e. The number of hydrogen-bond acceptors (Lipinski definition) is 4. The molecule has 0 spiro atoms. The Balaban J connectivity index is 2.78. The first-order valence-electron chi connectivity index (χ1n) is 6.00. The standard InChI is InChI=1S/C12H22N2O4/c1-12(2,3)18-11(17)14-7-8(13(4)5)6-9(14)10(15)16/h8-9H,6-7H2,1-5H3,(H,15,16)/t8?,9-/m1/s1. The van der Waals surface area contributed by atoms with Gasteiger partial charge in [-0.25, -0.2) is 9.59 Å². The van der Waals surface area contributed by atoms with Gasteiger partial charge in [0.2, 0.25) is 0 Å². The van der Waals surface area contributed by atoms with Crippen LogP contribution in [0, 0.1) is 0 Å². The van der Waals surface area contributed by atoms with E-state index in [0.29, 0.717) is 13.0 Å². The van der Waals surface area contributed by atoms with Crippen molar-refractivity contribution in [1.29, 1.82) is 0 Å². The summed E-state index contributed by atoms with van der Waals surface area (Å²) in [6, 6.07) is -0.745. The van der Waals surface area contributed by atoms with Gasteiger partial charge in [-0.15, -0.1) is 0 Å². The molecule has 0 aromatic carbocycles. The van der Waals surface area contributed by atoms with Crippen molar-refractivity contribution >= 4 is 12.1 Å². The summed E-state index contributed by atoms with van der Waals surface area (Å²) >= 11 is 0. The summed E-state index contributed by atoms with van der Waals surface area (Å²) in [4.78, 5) is 26.4. The number of nitrogens with zero attached hydrogens (tertiary/aromatic N) is 2. The molecule has 0 bridgehead atoms. The first kappa shape index (κ1) is 14.8. The van der Waals surface area contributed by atoms with E-state index in [-0.39, 0.29) is 6.04 Å². The van der Waals surface area contributed by atoms with Gasteiger partial charge in [-0.3, -0.25) is 4.90 Å². The minimum absolute atomic E-state index is 0.0543. The number of ether oxygens (including phenoxy) is 1. The number of carbonyl (C=O) groups is 2. The van der Waals surface area contributed by atoms with E-state index in [0.717, 1.165) is 0 Å². The van der Waals surface area contributed by atoms with E-state index in [1.807, 2.05) is 19.0 Å². The lowest BCUT2D eigenvalue weighted by atomic mass is 10.1. The molecule has 1 aliphatic heterocycles. The van der Waals surface area contributed by atoms with Crippen molar-refractivity contribution < 1.29 is 19.4 Å². The summed E-state index contributed by atoms with van der Waals surface area (Å²) in [6.45, 7) is 5.68. The van der Waals surface area contributed by atoms with Crippen molar-refractivity contribution in [2.75, 3.05) is 20.6 Å². The number of aliphatic carboxylic acids is 1. The zero-order chi connectivity index (χ0) is 14.1. The van der Waals surface area contributed by atoms with Gasteiger partial charge in [-0.1, -0.05) is 0 Å². The summed E-state index contributed by atoms with van der Waals surface area (Å²) in [6.07, 6.45) is -0.124. The van der Waals surface area contributed by atoms with Crippen molar-refractivity contribution in [1.82, 2.24) is 9.80 Å². The molecule has 104 valence electrons. The molecule has 6 heteroatoms. The monoisotopic (exact) mass is 258 g/mol. The van der Waals surface area contributed by atoms with Crippen LogP contribution in [0.2, 0.25) is 0 Å². The molecule has 1 amide bonds. The van der Waals surface area contributed by atoms with Crippen molar-refractivity contribution in [3.63, 3.8) is 0 Å². The highest BCUT2D eigenvalue weighted by molar-refractivity contribution is 5.81. The Labute approximate surface area is 107 Å². The van der Waals surface area contributed by atoms with Gasteiger partial charge < -0.3 is 14.7 Å². The lowest BCUT2D eigenvalue weighted by Gasteiger charge is -2.27. The molecule has 0 saturated carbocycles. The van der Waals surface area contributed by atoms with Crippen LogP contribution in [0.5, 0.6) is 0 Å². The summed E-state index contributed by atoms with van der Waals surface area (Å²) in [5.74, 6) is -0.981. The fourth-order valence-electron chi connectivity index (χ4n) is 1.94. The number of rotatable bonds is 2. The predicted molar refractivity (Wildman–Crippen MR) is 66.5 cm³/mol. The van der Waals surface area contributed by atoms with Crippen LogP contribution < -0.4 is 0 Å². The van der Waals surface area contributed by atoms with Crippen molar-refractivity contribution in [3.05, 3.63) is 0 Å². The molecular formula is C12H22N2O4. The van der Waals surface area contributed by atoms with E-state index in [4.69, 9.17) is 9.84 Å². The van der Waals surface area contributed by atoms with Crippen LogP contribution in [0.4, 0.5) is 4.79 Å². The van der Waals surface area contributed by atoms with Crippen LogP contribution >= 0.6 is 0 Å². The second-order valence-corrected chi connectivity index (χ2v) is 5.84. The zero-order valence-electron chi connectivity index (χ0n) is 11.6. The molecule has 1 unspecified atom stereocenters. The van der Waals surface area contributed by atoms with Crippen LogP contribution in [-0.4, -0.2) is 65.3 Å². The van der Waals surface area contributed by atoms with Crippen LogP contribution in [0.25, 0.3) is 0 Å². The molecule has 6 nitrogen and oxygen atoms in total. The van der Waals surface area contributed by atoms with Gasteiger partial charge in [0, 0.05) is 12.6 Å². The molecule has 0 radical (unpaired) electrons. The number of carboxylic acid groups (broad SMARTS) is 1. The molecule has 1 heterocycles. The zero-order valence-corrected chi connectivity index (χ0v) is 11.6. The molecular weight excluding hydrogens is 236 g/mol. The molecule has 18 heavy (non-hydrogen) atoms. The van der Waals surface area contributed by atoms with Crippen molar-refractivity contribution in [2.45, 2.75) is 44.9 Å². The number of hydrogen-bond donors (Lipinski definition) is 1. The highest BCUT2D eigenvalue weighted by atomic mass is 16.6. The maximum atomic E-state index is 12.0. The Morgan fingerprint density at radius 2 is 1.89 bits per heavy atom. The molecule has 1 aliphatic rings. The normalized spacial score (nSPS) is 24.4. The van der Waals surface area contributed by atoms with E-state index < -0.39 is 23.7 Å². The van der Waals surface area contributed by atoms with Gasteiger partial charge >= 0.3 is 12.1 Å². The SMILES string of the molecule is CN(C)C1C[C@H](C(=O)O)N(C(=O)OC(C)(C)C)C1. The van der Waals surface area contributed by atoms with E-state index in [1.54, 1.807) is 20.8 Å². The average Bonchev–Trinajstić information content (AvgIpc) is 2.58. The van der Waals surface area contributed by atoms with Crippen molar-refractivity contribution in [2.24, 2.45) is 0 Å². The fourth-order valence-corrected chi connectivity index (χ4v) is 1.94. The van der Waals surface area contributed by atoms with Gasteiger partial charge in [-0.2, -0.15) is 0 Å². The van der Waals surface area contributed by atoms with Gasteiger partial charge in [0.25, 0.3) is 0 Å². The molecule has 1 N–H and O–H groups in total. The van der Waals surface area contributed by atoms with E-state index >= 15 is 0 Å². The molecule has 1 fully saturated rings. The topological polar surface area (TPSA) is 70.1 Å². The summed E-state index contributed by atoms with van der Waals surface area (Å²) in [7, 11) is 3.75. The average molecular weight is 258 g/mol. The Hall–Kier alpha value is -1.30. The third-order valence-electron chi connectivity index (χ3n) is 2.92. The molecule has 0 aromatic heterocycles. The molecule has 0 aliphatic carbocycles. The summed E-state index contributed by atoms with van der Waals surface area (Å²) < 4.78 is 5.24. The maximum absolute atomic E-state index is 12.0. The highest BCUT2D eigenvalue weighted by Crippen LogP contribution is 2.23. The molecule has 1 saturated heterocycles. The highest BCUT2D eigenvalue weighted by Gasteiger charge is 2.42. The second-order valence-electron chi connectivity index (χ2n) is 5.84. The largest absolute Gasteiger partial charge is 0.480 e. The molecule has 1 rings (SSSR count). The Morgan fingerprint density at radius 3 is 2.28 bits per heavy atom. The third-order valence-corrected chi connectivity index (χ3v) is 2.92. The fraction of sp³-hybridized carbons (Fsp3) is 0.833. The second kappa shape index (κ2) is 5.14. The Bertz CT molecular complexity index is 335.